The van der Waals surface area contributed by atoms with Crippen LogP contribution in [0.3, 0.4) is 0 Å². The molecule has 0 aromatic carbocycles. The predicted molar refractivity (Wildman–Crippen MR) is 77.9 cm³/mol. The SMILES string of the molecule is C=C/C=C(\C(=C/C)C(F)(F)F)c1ccn2ncc(C)c2c1. The molecule has 2 aromatic heterocycles. The predicted octanol–water partition coefficient (Wildman–Crippen LogP) is 4.72. The Kier molecular flexibility index (Phi) is 4.02. The van der Waals surface area contributed by atoms with E-state index in [0.29, 0.717) is 5.56 Å². The summed E-state index contributed by atoms with van der Waals surface area (Å²) in [5, 5.41) is 4.12. The van der Waals surface area contributed by atoms with E-state index in [1.807, 2.05) is 6.92 Å². The maximum Gasteiger partial charge on any atom is 0.416 e. The minimum atomic E-state index is -4.41. The Balaban J connectivity index is 2.63. The van der Waals surface area contributed by atoms with Gasteiger partial charge < -0.3 is 0 Å². The molecule has 21 heavy (non-hydrogen) atoms. The highest BCUT2D eigenvalue weighted by molar-refractivity contribution is 5.83. The van der Waals surface area contributed by atoms with Crippen molar-refractivity contribution in [2.75, 3.05) is 0 Å². The summed E-state index contributed by atoms with van der Waals surface area (Å²) < 4.78 is 41.1. The van der Waals surface area contributed by atoms with Crippen molar-refractivity contribution in [1.82, 2.24) is 9.61 Å². The quantitative estimate of drug-likeness (QED) is 0.748. The molecule has 0 unspecified atom stereocenters. The van der Waals surface area contributed by atoms with Crippen molar-refractivity contribution >= 4 is 11.1 Å². The van der Waals surface area contributed by atoms with Gasteiger partial charge in [0.05, 0.1) is 17.3 Å². The molecule has 2 nitrogen and oxygen atoms in total. The zero-order valence-corrected chi connectivity index (χ0v) is 11.8. The molecule has 0 saturated carbocycles. The lowest BCUT2D eigenvalue weighted by Crippen LogP contribution is -2.13. The van der Waals surface area contributed by atoms with E-state index >= 15 is 0 Å². The fourth-order valence-corrected chi connectivity index (χ4v) is 2.20. The van der Waals surface area contributed by atoms with E-state index in [4.69, 9.17) is 0 Å². The van der Waals surface area contributed by atoms with Gasteiger partial charge in [0.2, 0.25) is 0 Å². The minimum Gasteiger partial charge on any atom is -0.241 e. The summed E-state index contributed by atoms with van der Waals surface area (Å²) in [4.78, 5) is 0. The molecule has 0 bridgehead atoms. The van der Waals surface area contributed by atoms with E-state index in [0.717, 1.165) is 17.2 Å². The Labute approximate surface area is 120 Å². The van der Waals surface area contributed by atoms with Gasteiger partial charge in [-0.25, -0.2) is 4.52 Å². The van der Waals surface area contributed by atoms with Crippen LogP contribution in [0.25, 0.3) is 11.1 Å². The Bertz CT molecular complexity index is 734. The lowest BCUT2D eigenvalue weighted by Gasteiger charge is -2.15. The molecular weight excluding hydrogens is 277 g/mol. The summed E-state index contributed by atoms with van der Waals surface area (Å²) in [6.45, 7) is 6.75. The zero-order chi connectivity index (χ0) is 15.6. The van der Waals surface area contributed by atoms with Crippen LogP contribution < -0.4 is 0 Å². The summed E-state index contributed by atoms with van der Waals surface area (Å²) >= 11 is 0. The fraction of sp³-hybridized carbons (Fsp3) is 0.188. The van der Waals surface area contributed by atoms with Crippen LogP contribution in [-0.2, 0) is 0 Å². The molecule has 110 valence electrons. The highest BCUT2D eigenvalue weighted by Gasteiger charge is 2.35. The van der Waals surface area contributed by atoms with Crippen LogP contribution in [-0.4, -0.2) is 15.8 Å². The number of fused-ring (bicyclic) bond motifs is 1. The summed E-state index contributed by atoms with van der Waals surface area (Å²) in [7, 11) is 0. The Morgan fingerprint density at radius 1 is 1.38 bits per heavy atom. The Hall–Kier alpha value is -2.30. The van der Waals surface area contributed by atoms with Gasteiger partial charge in [-0.3, -0.25) is 0 Å². The average molecular weight is 292 g/mol. The first-order chi connectivity index (χ1) is 9.88. The monoisotopic (exact) mass is 292 g/mol. The minimum absolute atomic E-state index is 0.100. The number of nitrogens with zero attached hydrogens (tertiary/aromatic N) is 2. The second-order valence-corrected chi connectivity index (χ2v) is 4.59. The first-order valence-electron chi connectivity index (χ1n) is 6.39. The molecule has 0 aliphatic rings. The molecule has 5 heteroatoms. The highest BCUT2D eigenvalue weighted by atomic mass is 19.4. The van der Waals surface area contributed by atoms with Crippen molar-refractivity contribution in [3.63, 3.8) is 0 Å². The van der Waals surface area contributed by atoms with Crippen LogP contribution in [0.1, 0.15) is 18.1 Å². The molecule has 2 heterocycles. The largest absolute Gasteiger partial charge is 0.416 e. The topological polar surface area (TPSA) is 17.3 Å². The summed E-state index contributed by atoms with van der Waals surface area (Å²) in [6.07, 6.45) is 2.72. The van der Waals surface area contributed by atoms with Crippen LogP contribution in [0.2, 0.25) is 0 Å². The van der Waals surface area contributed by atoms with Crippen molar-refractivity contribution in [2.45, 2.75) is 20.0 Å². The highest BCUT2D eigenvalue weighted by Crippen LogP contribution is 2.36. The second kappa shape index (κ2) is 5.60. The smallest absolute Gasteiger partial charge is 0.241 e. The number of alkyl halides is 3. The fourth-order valence-electron chi connectivity index (χ4n) is 2.20. The van der Waals surface area contributed by atoms with Crippen molar-refractivity contribution in [1.29, 1.82) is 0 Å². The van der Waals surface area contributed by atoms with E-state index in [2.05, 4.69) is 11.7 Å². The molecule has 0 saturated heterocycles. The summed E-state index contributed by atoms with van der Waals surface area (Å²) in [5.74, 6) is 0. The molecule has 0 radical (unpaired) electrons. The van der Waals surface area contributed by atoms with E-state index in [1.54, 1.807) is 29.0 Å². The van der Waals surface area contributed by atoms with E-state index in [9.17, 15) is 13.2 Å². The normalized spacial score (nSPS) is 13.8. The number of hydrogen-bond donors (Lipinski definition) is 0. The third-order valence-corrected chi connectivity index (χ3v) is 3.19. The molecule has 0 fully saturated rings. The lowest BCUT2D eigenvalue weighted by molar-refractivity contribution is -0.0871. The Morgan fingerprint density at radius 2 is 2.10 bits per heavy atom. The summed E-state index contributed by atoms with van der Waals surface area (Å²) in [5.41, 5.74) is 1.59. The molecule has 0 atom stereocenters. The van der Waals surface area contributed by atoms with E-state index < -0.39 is 11.7 Å². The van der Waals surface area contributed by atoms with Gasteiger partial charge in [0.15, 0.2) is 0 Å². The van der Waals surface area contributed by atoms with E-state index in [1.165, 1.54) is 19.1 Å². The molecule has 2 aromatic rings. The van der Waals surface area contributed by atoms with Gasteiger partial charge in [0.25, 0.3) is 0 Å². The number of allylic oxidation sites excluding steroid dienone is 5. The van der Waals surface area contributed by atoms with Crippen molar-refractivity contribution in [2.24, 2.45) is 0 Å². The first kappa shape index (κ1) is 15.1. The average Bonchev–Trinajstić information content (AvgIpc) is 2.78. The molecule has 0 N–H and O–H groups in total. The number of hydrogen-bond acceptors (Lipinski definition) is 1. The van der Waals surface area contributed by atoms with Gasteiger partial charge >= 0.3 is 6.18 Å². The number of halogens is 3. The molecule has 0 amide bonds. The van der Waals surface area contributed by atoms with Gasteiger partial charge in [-0.15, -0.1) is 0 Å². The van der Waals surface area contributed by atoms with Crippen molar-refractivity contribution in [3.8, 4) is 0 Å². The number of pyridine rings is 1. The van der Waals surface area contributed by atoms with Crippen molar-refractivity contribution in [3.05, 3.63) is 66.0 Å². The standard InChI is InChI=1S/C16H15F3N2/c1-4-6-13(14(5-2)16(17,18)19)12-7-8-21-15(9-12)11(3)10-20-21/h4-10H,1H2,2-3H3/b13-6-,14-5+. The first-order valence-corrected chi connectivity index (χ1v) is 6.39. The molecule has 0 spiro atoms. The molecule has 0 aliphatic heterocycles. The van der Waals surface area contributed by atoms with Crippen LogP contribution in [0.4, 0.5) is 13.2 Å². The van der Waals surface area contributed by atoms with Crippen LogP contribution in [0.15, 0.2) is 54.9 Å². The van der Waals surface area contributed by atoms with Crippen LogP contribution >= 0.6 is 0 Å². The van der Waals surface area contributed by atoms with Crippen LogP contribution in [0, 0.1) is 6.92 Å². The van der Waals surface area contributed by atoms with Crippen LogP contribution in [0.5, 0.6) is 0 Å². The molecule has 0 aliphatic carbocycles. The van der Waals surface area contributed by atoms with Gasteiger partial charge in [-0.05, 0) is 42.7 Å². The number of rotatable bonds is 3. The number of aryl methyl sites for hydroxylation is 1. The van der Waals surface area contributed by atoms with Crippen molar-refractivity contribution < 1.29 is 13.2 Å². The lowest BCUT2D eigenvalue weighted by atomic mass is 9.97. The Morgan fingerprint density at radius 3 is 2.67 bits per heavy atom. The maximum absolute atomic E-state index is 13.2. The maximum atomic E-state index is 13.2. The van der Waals surface area contributed by atoms with Gasteiger partial charge in [-0.2, -0.15) is 18.3 Å². The third kappa shape index (κ3) is 2.91. The van der Waals surface area contributed by atoms with Gasteiger partial charge in [0.1, 0.15) is 0 Å². The third-order valence-electron chi connectivity index (χ3n) is 3.19. The second-order valence-electron chi connectivity index (χ2n) is 4.59. The summed E-state index contributed by atoms with van der Waals surface area (Å²) in [6, 6.07) is 3.32. The van der Waals surface area contributed by atoms with Gasteiger partial charge in [-0.1, -0.05) is 24.8 Å². The van der Waals surface area contributed by atoms with Gasteiger partial charge in [0, 0.05) is 6.20 Å². The zero-order valence-electron chi connectivity index (χ0n) is 11.8. The van der Waals surface area contributed by atoms with E-state index in [-0.39, 0.29) is 5.57 Å². The molecule has 2 rings (SSSR count). The number of aromatic nitrogens is 2. The molecular formula is C16H15F3N2.